The van der Waals surface area contributed by atoms with Crippen molar-refractivity contribution in [3.05, 3.63) is 87.8 Å². The first-order chi connectivity index (χ1) is 18.8. The van der Waals surface area contributed by atoms with Gasteiger partial charge in [-0.2, -0.15) is 0 Å². The Balaban J connectivity index is 1.30. The molecule has 2 aliphatic rings. The third-order valence-electron chi connectivity index (χ3n) is 7.53. The van der Waals surface area contributed by atoms with Gasteiger partial charge in [0.2, 0.25) is 5.91 Å². The lowest BCUT2D eigenvalue weighted by Crippen LogP contribution is -2.32. The first-order valence-electron chi connectivity index (χ1n) is 13.2. The van der Waals surface area contributed by atoms with Gasteiger partial charge in [-0.05, 0) is 86.6 Å². The minimum atomic E-state index is -1.05. The van der Waals surface area contributed by atoms with Gasteiger partial charge in [0, 0.05) is 24.1 Å². The van der Waals surface area contributed by atoms with Crippen LogP contribution in [-0.4, -0.2) is 27.1 Å². The average molecular weight is 524 g/mol. The number of benzene rings is 2. The van der Waals surface area contributed by atoms with Gasteiger partial charge in [0.25, 0.3) is 0 Å². The Morgan fingerprint density at radius 3 is 2.54 bits per heavy atom. The Morgan fingerprint density at radius 2 is 1.85 bits per heavy atom. The van der Waals surface area contributed by atoms with E-state index in [-0.39, 0.29) is 11.5 Å². The smallest absolute Gasteiger partial charge is 0.337 e. The largest absolute Gasteiger partial charge is 0.489 e. The summed E-state index contributed by atoms with van der Waals surface area (Å²) in [5.41, 5.74) is 7.62. The van der Waals surface area contributed by atoms with Gasteiger partial charge >= 0.3 is 5.97 Å². The number of anilines is 2. The summed E-state index contributed by atoms with van der Waals surface area (Å²) in [6.45, 7) is 6.26. The minimum Gasteiger partial charge on any atom is -0.489 e. The minimum absolute atomic E-state index is 0.0772. The van der Waals surface area contributed by atoms with Gasteiger partial charge in [-0.3, -0.25) is 9.69 Å². The van der Waals surface area contributed by atoms with Crippen LogP contribution in [0.3, 0.4) is 0 Å². The van der Waals surface area contributed by atoms with Crippen molar-refractivity contribution in [3.63, 3.8) is 0 Å². The number of hydrogen-bond donors (Lipinski definition) is 1. The van der Waals surface area contributed by atoms with E-state index in [1.54, 1.807) is 11.8 Å². The van der Waals surface area contributed by atoms with E-state index in [2.05, 4.69) is 36.1 Å². The fourth-order valence-corrected chi connectivity index (χ4v) is 5.38. The molecule has 1 N–H and O–H groups in total. The highest BCUT2D eigenvalue weighted by Crippen LogP contribution is 2.45. The van der Waals surface area contributed by atoms with Crippen molar-refractivity contribution < 1.29 is 24.0 Å². The molecule has 1 aliphatic heterocycles. The maximum Gasteiger partial charge on any atom is 0.337 e. The molecular formula is C31H29N3O5. The quantitative estimate of drug-likeness (QED) is 0.298. The van der Waals surface area contributed by atoms with Crippen molar-refractivity contribution in [1.29, 1.82) is 0 Å². The van der Waals surface area contributed by atoms with Crippen LogP contribution >= 0.6 is 0 Å². The molecule has 2 aromatic heterocycles. The molecule has 39 heavy (non-hydrogen) atoms. The summed E-state index contributed by atoms with van der Waals surface area (Å²) in [6, 6.07) is 13.4. The van der Waals surface area contributed by atoms with E-state index in [9.17, 15) is 14.7 Å². The number of aromatic nitrogens is 2. The zero-order valence-corrected chi connectivity index (χ0v) is 22.2. The number of rotatable bonds is 7. The summed E-state index contributed by atoms with van der Waals surface area (Å²) in [5, 5.41) is 13.8. The van der Waals surface area contributed by atoms with Crippen LogP contribution in [-0.2, 0) is 17.8 Å². The molecule has 4 aromatic rings. The van der Waals surface area contributed by atoms with Crippen LogP contribution in [0.25, 0.3) is 11.3 Å². The maximum atomic E-state index is 12.9. The second-order valence-corrected chi connectivity index (χ2v) is 10.4. The summed E-state index contributed by atoms with van der Waals surface area (Å²) in [4.78, 5) is 30.2. The van der Waals surface area contributed by atoms with Crippen LogP contribution in [0.15, 0.2) is 53.2 Å². The Morgan fingerprint density at radius 1 is 1.08 bits per heavy atom. The van der Waals surface area contributed by atoms with Crippen LogP contribution in [0.2, 0.25) is 0 Å². The highest BCUT2D eigenvalue weighted by atomic mass is 16.5. The van der Waals surface area contributed by atoms with Gasteiger partial charge in [0.1, 0.15) is 29.6 Å². The summed E-state index contributed by atoms with van der Waals surface area (Å²) < 4.78 is 12.2. The molecule has 8 nitrogen and oxygen atoms in total. The molecule has 198 valence electrons. The fourth-order valence-electron chi connectivity index (χ4n) is 5.38. The number of aromatic carboxylic acids is 1. The third-order valence-corrected chi connectivity index (χ3v) is 7.53. The van der Waals surface area contributed by atoms with Crippen molar-refractivity contribution in [2.45, 2.75) is 59.0 Å². The lowest BCUT2D eigenvalue weighted by molar-refractivity contribution is -0.118. The van der Waals surface area contributed by atoms with E-state index in [0.717, 1.165) is 57.8 Å². The second kappa shape index (κ2) is 9.69. The van der Waals surface area contributed by atoms with Crippen molar-refractivity contribution in [3.8, 4) is 17.0 Å². The Kier molecular flexibility index (Phi) is 6.17. The topological polar surface area (TPSA) is 106 Å². The first-order valence-corrected chi connectivity index (χ1v) is 13.2. The molecule has 0 radical (unpaired) electrons. The molecule has 0 spiro atoms. The second-order valence-electron chi connectivity index (χ2n) is 10.4. The first kappa shape index (κ1) is 24.9. The molecule has 3 heterocycles. The molecule has 2 aromatic carbocycles. The normalized spacial score (nSPS) is 14.8. The van der Waals surface area contributed by atoms with Crippen molar-refractivity contribution in [1.82, 2.24) is 10.1 Å². The van der Waals surface area contributed by atoms with Gasteiger partial charge < -0.3 is 14.4 Å². The zero-order valence-electron chi connectivity index (χ0n) is 22.2. The van der Waals surface area contributed by atoms with Crippen LogP contribution < -0.4 is 9.64 Å². The molecule has 0 bridgehead atoms. The molecule has 0 unspecified atom stereocenters. The number of amides is 1. The summed E-state index contributed by atoms with van der Waals surface area (Å²) in [7, 11) is 0. The molecule has 6 rings (SSSR count). The molecular weight excluding hydrogens is 494 g/mol. The predicted molar refractivity (Wildman–Crippen MR) is 146 cm³/mol. The summed E-state index contributed by atoms with van der Waals surface area (Å²) in [5.74, 6) is 1.31. The van der Waals surface area contributed by atoms with Crippen LogP contribution in [0, 0.1) is 20.8 Å². The molecule has 0 atom stereocenters. The van der Waals surface area contributed by atoms with E-state index in [1.807, 2.05) is 24.3 Å². The molecule has 1 aliphatic carbocycles. The number of carbonyl (C=O) groups excluding carboxylic acids is 1. The van der Waals surface area contributed by atoms with Crippen molar-refractivity contribution >= 4 is 23.4 Å². The van der Waals surface area contributed by atoms with E-state index in [0.29, 0.717) is 42.5 Å². The summed E-state index contributed by atoms with van der Waals surface area (Å²) >= 11 is 0. The van der Waals surface area contributed by atoms with Crippen LogP contribution in [0.1, 0.15) is 69.1 Å². The molecule has 0 saturated heterocycles. The SMILES string of the molecule is Cc1cc(C(=O)O)cnc1N1C(=O)CCc2cc(OCc3c(-c4c(C)cccc4C)noc3C3CC3)ccc21. The van der Waals surface area contributed by atoms with Gasteiger partial charge in [-0.1, -0.05) is 23.4 Å². The number of fused-ring (bicyclic) bond motifs is 1. The van der Waals surface area contributed by atoms with Crippen LogP contribution in [0.4, 0.5) is 11.5 Å². The molecule has 1 fully saturated rings. The Hall–Kier alpha value is -4.46. The average Bonchev–Trinajstić information content (AvgIpc) is 3.67. The van der Waals surface area contributed by atoms with Gasteiger partial charge in [0.05, 0.1) is 16.8 Å². The van der Waals surface area contributed by atoms with E-state index < -0.39 is 5.97 Å². The van der Waals surface area contributed by atoms with Gasteiger partial charge in [-0.25, -0.2) is 9.78 Å². The third kappa shape index (κ3) is 4.56. The molecule has 8 heteroatoms. The number of carboxylic acids is 1. The van der Waals surface area contributed by atoms with E-state index in [4.69, 9.17) is 9.26 Å². The number of aryl methyl sites for hydroxylation is 4. The molecule has 1 saturated carbocycles. The summed E-state index contributed by atoms with van der Waals surface area (Å²) in [6.07, 6.45) is 4.39. The number of carboxylic acid groups (broad SMARTS) is 1. The standard InChI is InChI=1S/C31H29N3O5/c1-17-5-4-6-18(2)27(17)28-24(29(39-33-28)20-7-8-20)16-38-23-10-11-25-21(14-23)9-12-26(35)34(25)30-19(3)13-22(15-32-30)31(36)37/h4-6,10-11,13-15,20H,7-9,12,16H2,1-3H3,(H,36,37). The monoisotopic (exact) mass is 523 g/mol. The molecule has 1 amide bonds. The zero-order chi connectivity index (χ0) is 27.3. The number of ether oxygens (including phenoxy) is 1. The van der Waals surface area contributed by atoms with Gasteiger partial charge in [0.15, 0.2) is 0 Å². The predicted octanol–water partition coefficient (Wildman–Crippen LogP) is 6.43. The number of hydrogen-bond acceptors (Lipinski definition) is 6. The van der Waals surface area contributed by atoms with E-state index in [1.165, 1.54) is 12.3 Å². The highest BCUT2D eigenvalue weighted by molar-refractivity contribution is 6.03. The van der Waals surface area contributed by atoms with Crippen LogP contribution in [0.5, 0.6) is 5.75 Å². The highest BCUT2D eigenvalue weighted by Gasteiger charge is 2.34. The number of nitrogens with zero attached hydrogens (tertiary/aromatic N) is 3. The lowest BCUT2D eigenvalue weighted by atomic mass is 9.96. The van der Waals surface area contributed by atoms with Crippen molar-refractivity contribution in [2.24, 2.45) is 0 Å². The Labute approximate surface area is 226 Å². The maximum absolute atomic E-state index is 12.9. The van der Waals surface area contributed by atoms with Crippen molar-refractivity contribution in [2.75, 3.05) is 4.90 Å². The van der Waals surface area contributed by atoms with Gasteiger partial charge in [-0.15, -0.1) is 0 Å². The lowest BCUT2D eigenvalue weighted by Gasteiger charge is -2.30. The van der Waals surface area contributed by atoms with E-state index >= 15 is 0 Å². The Bertz CT molecular complexity index is 1600. The number of carbonyl (C=O) groups is 2. The number of pyridine rings is 1. The fraction of sp³-hybridized carbons (Fsp3) is 0.290.